The van der Waals surface area contributed by atoms with Gasteiger partial charge in [-0.2, -0.15) is 0 Å². The van der Waals surface area contributed by atoms with Gasteiger partial charge in [0.1, 0.15) is 0 Å². The summed E-state index contributed by atoms with van der Waals surface area (Å²) in [6.45, 7) is 0. The molecule has 0 N–H and O–H groups in total. The molecular weight excluding hydrogens is 534 g/mol. The molecule has 0 aromatic heterocycles. The quantitative estimate of drug-likeness (QED) is 0.349. The van der Waals surface area contributed by atoms with E-state index in [1.165, 1.54) is 27.8 Å². The summed E-state index contributed by atoms with van der Waals surface area (Å²) >= 11 is -3.22. The van der Waals surface area contributed by atoms with Crippen molar-refractivity contribution in [3.05, 3.63) is 138 Å². The molecular formula is C31H26Cl2Zr. The first-order chi connectivity index (χ1) is 15.8. The first-order valence-corrected chi connectivity index (χ1v) is 17.8. The average Bonchev–Trinajstić information content (AvgIpc) is 3.51. The Morgan fingerprint density at radius 1 is 0.618 bits per heavy atom. The van der Waals surface area contributed by atoms with Crippen LogP contribution in [0, 0.1) is 0 Å². The molecule has 0 saturated carbocycles. The molecule has 0 bridgehead atoms. The predicted octanol–water partition coefficient (Wildman–Crippen LogP) is 0.961. The van der Waals surface area contributed by atoms with Crippen LogP contribution in [0.1, 0.15) is 26.7 Å². The molecule has 0 heterocycles. The van der Waals surface area contributed by atoms with Gasteiger partial charge in [-0.05, 0) is 0 Å². The minimum absolute atomic E-state index is 0. The SMILES string of the molecule is [CH3][Zr+2]([c]1ccccc1)([c]1ccccc1)[CH]1c2ccccc2-c2cccc(C3=CC=CC3)c21.[Cl-].[Cl-]. The Bertz CT molecular complexity index is 1320. The van der Waals surface area contributed by atoms with Gasteiger partial charge in [-0.25, -0.2) is 0 Å². The summed E-state index contributed by atoms with van der Waals surface area (Å²) < 4.78 is 6.22. The minimum Gasteiger partial charge on any atom is -1.00 e. The molecule has 0 saturated heterocycles. The number of benzene rings is 4. The number of halogens is 2. The van der Waals surface area contributed by atoms with Gasteiger partial charge in [-0.3, -0.25) is 0 Å². The van der Waals surface area contributed by atoms with E-state index in [2.05, 4.69) is 126 Å². The second-order valence-electron chi connectivity index (χ2n) is 9.05. The summed E-state index contributed by atoms with van der Waals surface area (Å²) in [6.07, 6.45) is 7.83. The summed E-state index contributed by atoms with van der Waals surface area (Å²) in [5.74, 6) is 0. The van der Waals surface area contributed by atoms with Crippen LogP contribution >= 0.6 is 0 Å². The van der Waals surface area contributed by atoms with Crippen LogP contribution in [0.25, 0.3) is 16.7 Å². The van der Waals surface area contributed by atoms with Gasteiger partial charge < -0.3 is 24.8 Å². The molecule has 4 aromatic rings. The molecule has 6 rings (SSSR count). The third-order valence-electron chi connectivity index (χ3n) is 7.40. The fourth-order valence-electron chi connectivity index (χ4n) is 5.86. The van der Waals surface area contributed by atoms with Crippen molar-refractivity contribution < 1.29 is 45.1 Å². The molecule has 0 fully saturated rings. The summed E-state index contributed by atoms with van der Waals surface area (Å²) in [4.78, 5) is 0. The van der Waals surface area contributed by atoms with Crippen LogP contribution in [0.15, 0.2) is 121 Å². The van der Waals surface area contributed by atoms with Gasteiger partial charge in [0.25, 0.3) is 0 Å². The van der Waals surface area contributed by atoms with Crippen LogP contribution in [0.5, 0.6) is 0 Å². The second-order valence-corrected chi connectivity index (χ2v) is 19.2. The van der Waals surface area contributed by atoms with Gasteiger partial charge in [0.2, 0.25) is 0 Å². The van der Waals surface area contributed by atoms with Crippen molar-refractivity contribution in [1.29, 1.82) is 0 Å². The van der Waals surface area contributed by atoms with E-state index in [9.17, 15) is 0 Å². The smallest absolute Gasteiger partial charge is 1.00 e. The zero-order valence-corrected chi connectivity index (χ0v) is 23.1. The molecule has 34 heavy (non-hydrogen) atoms. The van der Waals surface area contributed by atoms with Gasteiger partial charge in [0, 0.05) is 0 Å². The molecule has 2 aliphatic carbocycles. The molecule has 1 unspecified atom stereocenters. The zero-order valence-electron chi connectivity index (χ0n) is 19.1. The van der Waals surface area contributed by atoms with Gasteiger partial charge in [-0.15, -0.1) is 0 Å². The number of hydrogen-bond donors (Lipinski definition) is 0. The van der Waals surface area contributed by atoms with Crippen molar-refractivity contribution in [2.24, 2.45) is 0 Å². The summed E-state index contributed by atoms with van der Waals surface area (Å²) in [7, 11) is 0. The van der Waals surface area contributed by atoms with E-state index in [0.717, 1.165) is 6.42 Å². The first kappa shape index (κ1) is 24.9. The maximum absolute atomic E-state index is 3.22. The molecule has 0 amide bonds. The fourth-order valence-corrected chi connectivity index (χ4v) is 17.0. The minimum atomic E-state index is -3.22. The van der Waals surface area contributed by atoms with E-state index in [1.807, 2.05) is 0 Å². The molecule has 4 aromatic carbocycles. The third-order valence-corrected chi connectivity index (χ3v) is 19.2. The van der Waals surface area contributed by atoms with Crippen LogP contribution in [0.2, 0.25) is 4.63 Å². The van der Waals surface area contributed by atoms with Crippen LogP contribution in [0.4, 0.5) is 0 Å². The summed E-state index contributed by atoms with van der Waals surface area (Å²) in [6, 6.07) is 38.9. The van der Waals surface area contributed by atoms with E-state index >= 15 is 0 Å². The second kappa shape index (κ2) is 10.2. The molecule has 168 valence electrons. The number of hydrogen-bond acceptors (Lipinski definition) is 0. The number of allylic oxidation sites excluding steroid dienone is 4. The van der Waals surface area contributed by atoms with E-state index in [1.54, 1.807) is 12.1 Å². The molecule has 3 heteroatoms. The van der Waals surface area contributed by atoms with Crippen LogP contribution in [-0.4, -0.2) is 0 Å². The van der Waals surface area contributed by atoms with Crippen LogP contribution < -0.4 is 31.4 Å². The average molecular weight is 561 g/mol. The Morgan fingerprint density at radius 2 is 1.18 bits per heavy atom. The Labute approximate surface area is 219 Å². The van der Waals surface area contributed by atoms with Gasteiger partial charge >= 0.3 is 196 Å². The Balaban J connectivity index is 0.00000137. The molecule has 0 aliphatic heterocycles. The van der Waals surface area contributed by atoms with E-state index in [4.69, 9.17) is 0 Å². The Kier molecular flexibility index (Phi) is 7.49. The van der Waals surface area contributed by atoms with Crippen molar-refractivity contribution in [2.75, 3.05) is 0 Å². The molecule has 0 spiro atoms. The normalized spacial score (nSPS) is 15.1. The van der Waals surface area contributed by atoms with Crippen LogP contribution in [0.3, 0.4) is 0 Å². The van der Waals surface area contributed by atoms with Gasteiger partial charge in [-0.1, -0.05) is 0 Å². The first-order valence-electron chi connectivity index (χ1n) is 11.5. The van der Waals surface area contributed by atoms with Crippen molar-refractivity contribution in [2.45, 2.75) is 14.7 Å². The standard InChI is InChI=1S/C18H13.2C6H5.CH3.2ClH.Zr/c1-2-7-13(6-1)15-10-5-11-17-16-9-4-3-8-14(16)12-18(15)17;2*1-2-4-6-5-3-1;;;;/h1-6,8-12H,7H2;2*1-5H;1H3;2*1H;/q;;;;;;+2/p-2. The van der Waals surface area contributed by atoms with E-state index < -0.39 is 20.3 Å². The van der Waals surface area contributed by atoms with E-state index in [-0.39, 0.29) is 24.8 Å². The zero-order chi connectivity index (χ0) is 21.5. The van der Waals surface area contributed by atoms with Crippen molar-refractivity contribution in [3.8, 4) is 11.1 Å². The Hall–Kier alpha value is -2.18. The fraction of sp³-hybridized carbons (Fsp3) is 0.0968. The van der Waals surface area contributed by atoms with Gasteiger partial charge in [0.15, 0.2) is 0 Å². The molecule has 0 nitrogen and oxygen atoms in total. The van der Waals surface area contributed by atoms with E-state index in [0.29, 0.717) is 3.63 Å². The topological polar surface area (TPSA) is 0 Å². The maximum atomic E-state index is 2.65. The van der Waals surface area contributed by atoms with Crippen molar-refractivity contribution >= 4 is 12.1 Å². The third kappa shape index (κ3) is 3.89. The van der Waals surface area contributed by atoms with Gasteiger partial charge in [0.05, 0.1) is 0 Å². The summed E-state index contributed by atoms with van der Waals surface area (Å²) in [5, 5.41) is 0. The monoisotopic (exact) mass is 558 g/mol. The van der Waals surface area contributed by atoms with Crippen molar-refractivity contribution in [3.63, 3.8) is 0 Å². The Morgan fingerprint density at radius 3 is 1.79 bits per heavy atom. The van der Waals surface area contributed by atoms with Crippen LogP contribution in [-0.2, 0) is 20.3 Å². The molecule has 0 radical (unpaired) electrons. The number of rotatable bonds is 4. The predicted molar refractivity (Wildman–Crippen MR) is 133 cm³/mol. The molecule has 2 aliphatic rings. The summed E-state index contributed by atoms with van der Waals surface area (Å²) in [5.41, 5.74) is 8.85. The maximum Gasteiger partial charge on any atom is -1.00 e. The largest absolute Gasteiger partial charge is 1.00 e. The van der Waals surface area contributed by atoms with Crippen molar-refractivity contribution in [1.82, 2.24) is 0 Å². The molecule has 1 atom stereocenters. The number of fused-ring (bicyclic) bond motifs is 3.